The van der Waals surface area contributed by atoms with Gasteiger partial charge in [0.2, 0.25) is 5.88 Å². The lowest BCUT2D eigenvalue weighted by Gasteiger charge is -2.31. The molecule has 1 aromatic heterocycles. The van der Waals surface area contributed by atoms with Gasteiger partial charge in [-0.2, -0.15) is 0 Å². The van der Waals surface area contributed by atoms with Gasteiger partial charge in [-0.3, -0.25) is 9.59 Å². The van der Waals surface area contributed by atoms with Crippen LogP contribution in [0.1, 0.15) is 24.2 Å². The minimum Gasteiger partial charge on any atom is -0.481 e. The molecule has 25 heavy (non-hydrogen) atoms. The summed E-state index contributed by atoms with van der Waals surface area (Å²) in [6.07, 6.45) is 5.79. The van der Waals surface area contributed by atoms with Crippen LogP contribution in [0.2, 0.25) is 0 Å². The quantitative estimate of drug-likeness (QED) is 0.618. The van der Waals surface area contributed by atoms with Gasteiger partial charge >= 0.3 is 5.97 Å². The van der Waals surface area contributed by atoms with Crippen molar-refractivity contribution in [2.75, 3.05) is 26.8 Å². The van der Waals surface area contributed by atoms with Crippen LogP contribution >= 0.6 is 0 Å². The highest BCUT2D eigenvalue weighted by atomic mass is 16.5. The zero-order valence-corrected chi connectivity index (χ0v) is 14.8. The Bertz CT molecular complexity index is 688. The maximum absolute atomic E-state index is 12.8. The highest BCUT2D eigenvalue weighted by Gasteiger charge is 2.46. The zero-order chi connectivity index (χ0) is 18.0. The van der Waals surface area contributed by atoms with Gasteiger partial charge in [0, 0.05) is 30.9 Å². The van der Waals surface area contributed by atoms with E-state index in [0.29, 0.717) is 31.1 Å². The van der Waals surface area contributed by atoms with Gasteiger partial charge in [0.25, 0.3) is 5.91 Å². The molecule has 0 radical (unpaired) electrons. The van der Waals surface area contributed by atoms with Crippen molar-refractivity contribution in [1.29, 1.82) is 0 Å². The van der Waals surface area contributed by atoms with Crippen molar-refractivity contribution in [1.82, 2.24) is 9.88 Å². The lowest BCUT2D eigenvalue weighted by atomic mass is 9.72. The first-order valence-electron chi connectivity index (χ1n) is 8.69. The summed E-state index contributed by atoms with van der Waals surface area (Å²) in [5, 5.41) is 0. The molecule has 0 unspecified atom stereocenters. The minimum absolute atomic E-state index is 0.0567. The predicted molar refractivity (Wildman–Crippen MR) is 92.1 cm³/mol. The summed E-state index contributed by atoms with van der Waals surface area (Å²) in [5.74, 6) is 0.425. The fourth-order valence-electron chi connectivity index (χ4n) is 3.90. The van der Waals surface area contributed by atoms with Crippen molar-refractivity contribution >= 4 is 11.9 Å². The van der Waals surface area contributed by atoms with Crippen molar-refractivity contribution in [2.45, 2.75) is 13.8 Å². The number of carbonyl (C=O) groups excluding carboxylic acids is 2. The summed E-state index contributed by atoms with van der Waals surface area (Å²) >= 11 is 0. The molecular formula is C19H24N2O4. The number of pyridine rings is 1. The van der Waals surface area contributed by atoms with E-state index < -0.39 is 0 Å². The molecule has 0 saturated carbocycles. The van der Waals surface area contributed by atoms with Crippen molar-refractivity contribution in [3.05, 3.63) is 36.0 Å². The Kier molecular flexibility index (Phi) is 5.06. The molecule has 0 spiro atoms. The third-order valence-corrected chi connectivity index (χ3v) is 5.14. The Labute approximate surface area is 147 Å². The van der Waals surface area contributed by atoms with Crippen LogP contribution in [0.3, 0.4) is 0 Å². The van der Waals surface area contributed by atoms with Crippen LogP contribution < -0.4 is 4.74 Å². The SMILES string of the molecule is CCOC(=O)[C@@H]1[C@H]2CN(C(=O)c3ccnc(OC)c3)C[C@@H]2C=C[C@@H]1C. The number of aromatic nitrogens is 1. The number of ether oxygens (including phenoxy) is 2. The number of carbonyl (C=O) groups is 2. The Hall–Kier alpha value is -2.37. The fraction of sp³-hybridized carbons (Fsp3) is 0.526. The Morgan fingerprint density at radius 1 is 1.32 bits per heavy atom. The van der Waals surface area contributed by atoms with Crippen molar-refractivity contribution in [2.24, 2.45) is 23.7 Å². The highest BCUT2D eigenvalue weighted by molar-refractivity contribution is 5.94. The first-order valence-corrected chi connectivity index (χ1v) is 8.69. The van der Waals surface area contributed by atoms with E-state index in [0.717, 1.165) is 0 Å². The topological polar surface area (TPSA) is 68.7 Å². The number of allylic oxidation sites excluding steroid dienone is 1. The molecular weight excluding hydrogens is 320 g/mol. The normalized spacial score (nSPS) is 27.7. The Morgan fingerprint density at radius 3 is 2.84 bits per heavy atom. The number of methoxy groups -OCH3 is 1. The van der Waals surface area contributed by atoms with Crippen molar-refractivity contribution in [3.8, 4) is 5.88 Å². The summed E-state index contributed by atoms with van der Waals surface area (Å²) in [6.45, 7) is 5.41. The number of hydrogen-bond donors (Lipinski definition) is 0. The van der Waals surface area contributed by atoms with E-state index in [9.17, 15) is 9.59 Å². The van der Waals surface area contributed by atoms with E-state index in [1.807, 2.05) is 18.7 Å². The van der Waals surface area contributed by atoms with Gasteiger partial charge in [-0.25, -0.2) is 4.98 Å². The summed E-state index contributed by atoms with van der Waals surface area (Å²) in [6, 6.07) is 3.33. The lowest BCUT2D eigenvalue weighted by Crippen LogP contribution is -2.37. The van der Waals surface area contributed by atoms with Gasteiger partial charge < -0.3 is 14.4 Å². The summed E-state index contributed by atoms with van der Waals surface area (Å²) < 4.78 is 10.4. The molecule has 2 aliphatic rings. The molecule has 6 nitrogen and oxygen atoms in total. The van der Waals surface area contributed by atoms with Gasteiger partial charge in [0.15, 0.2) is 0 Å². The minimum atomic E-state index is -0.195. The molecule has 1 amide bonds. The molecule has 1 aromatic rings. The average molecular weight is 344 g/mol. The maximum Gasteiger partial charge on any atom is 0.309 e. The zero-order valence-electron chi connectivity index (χ0n) is 14.8. The summed E-state index contributed by atoms with van der Waals surface area (Å²) in [4.78, 5) is 31.1. The molecule has 4 atom stereocenters. The fourth-order valence-corrected chi connectivity index (χ4v) is 3.90. The highest BCUT2D eigenvalue weighted by Crippen LogP contribution is 2.40. The van der Waals surface area contributed by atoms with Crippen LogP contribution in [0.4, 0.5) is 0 Å². The van der Waals surface area contributed by atoms with E-state index in [1.165, 1.54) is 7.11 Å². The van der Waals surface area contributed by atoms with E-state index in [2.05, 4.69) is 17.1 Å². The number of fused-ring (bicyclic) bond motifs is 1. The maximum atomic E-state index is 12.8. The molecule has 1 aliphatic carbocycles. The smallest absolute Gasteiger partial charge is 0.309 e. The van der Waals surface area contributed by atoms with E-state index in [-0.39, 0.29) is 35.5 Å². The Balaban J connectivity index is 1.78. The number of nitrogens with zero attached hydrogens (tertiary/aromatic N) is 2. The molecule has 0 bridgehead atoms. The van der Waals surface area contributed by atoms with Gasteiger partial charge in [-0.15, -0.1) is 0 Å². The van der Waals surface area contributed by atoms with Crippen LogP contribution in [0.15, 0.2) is 30.5 Å². The first-order chi connectivity index (χ1) is 12.0. The monoisotopic (exact) mass is 344 g/mol. The van der Waals surface area contributed by atoms with Crippen molar-refractivity contribution in [3.63, 3.8) is 0 Å². The second kappa shape index (κ2) is 7.25. The van der Waals surface area contributed by atoms with E-state index in [1.54, 1.807) is 18.3 Å². The number of hydrogen-bond acceptors (Lipinski definition) is 5. The van der Waals surface area contributed by atoms with Gasteiger partial charge in [0.05, 0.1) is 19.6 Å². The van der Waals surface area contributed by atoms with Crippen LogP contribution in [-0.2, 0) is 9.53 Å². The van der Waals surface area contributed by atoms with Gasteiger partial charge in [-0.1, -0.05) is 19.1 Å². The van der Waals surface area contributed by atoms with Crippen LogP contribution in [0.5, 0.6) is 5.88 Å². The third-order valence-electron chi connectivity index (χ3n) is 5.14. The number of rotatable bonds is 4. The standard InChI is InChI=1S/C19H24N2O4/c1-4-25-19(23)17-12(2)5-6-14-10-21(11-15(14)17)18(22)13-7-8-20-16(9-13)24-3/h5-9,12,14-15,17H,4,10-11H2,1-3H3/t12-,14-,15-,17-/m0/s1. The number of amides is 1. The average Bonchev–Trinajstić information content (AvgIpc) is 3.05. The van der Waals surface area contributed by atoms with Gasteiger partial charge in [-0.05, 0) is 30.7 Å². The molecule has 0 aromatic carbocycles. The summed E-state index contributed by atoms with van der Waals surface area (Å²) in [7, 11) is 1.52. The third kappa shape index (κ3) is 3.38. The molecule has 6 heteroatoms. The second-order valence-electron chi connectivity index (χ2n) is 6.65. The van der Waals surface area contributed by atoms with Crippen molar-refractivity contribution < 1.29 is 19.1 Å². The van der Waals surface area contributed by atoms with E-state index in [4.69, 9.17) is 9.47 Å². The molecule has 2 heterocycles. The number of likely N-dealkylation sites (tertiary alicyclic amines) is 1. The molecule has 3 rings (SSSR count). The van der Waals surface area contributed by atoms with Crippen LogP contribution in [0, 0.1) is 23.7 Å². The van der Waals surface area contributed by atoms with E-state index >= 15 is 0 Å². The second-order valence-corrected chi connectivity index (χ2v) is 6.65. The number of esters is 1. The lowest BCUT2D eigenvalue weighted by molar-refractivity contribution is -0.152. The molecule has 0 N–H and O–H groups in total. The van der Waals surface area contributed by atoms with Crippen LogP contribution in [0.25, 0.3) is 0 Å². The molecule has 1 aliphatic heterocycles. The molecule has 1 fully saturated rings. The first kappa shape index (κ1) is 17.5. The molecule has 134 valence electrons. The Morgan fingerprint density at radius 2 is 2.12 bits per heavy atom. The molecule has 1 saturated heterocycles. The largest absolute Gasteiger partial charge is 0.481 e. The van der Waals surface area contributed by atoms with Gasteiger partial charge in [0.1, 0.15) is 0 Å². The van der Waals surface area contributed by atoms with Crippen LogP contribution in [-0.4, -0.2) is 48.6 Å². The summed E-state index contributed by atoms with van der Waals surface area (Å²) in [5.41, 5.74) is 0.551. The predicted octanol–water partition coefficient (Wildman–Crippen LogP) is 2.16.